The number of rotatable bonds is 1. The van der Waals surface area contributed by atoms with Crippen LogP contribution in [0.3, 0.4) is 0 Å². The fourth-order valence-electron chi connectivity index (χ4n) is 1.49. The summed E-state index contributed by atoms with van der Waals surface area (Å²) in [5.74, 6) is -1.14. The van der Waals surface area contributed by atoms with E-state index in [-0.39, 0.29) is 0 Å². The highest BCUT2D eigenvalue weighted by Gasteiger charge is 2.07. The van der Waals surface area contributed by atoms with E-state index in [4.69, 9.17) is 0 Å². The zero-order chi connectivity index (χ0) is 10.8. The van der Waals surface area contributed by atoms with Gasteiger partial charge in [-0.2, -0.15) is 0 Å². The molecule has 0 aliphatic heterocycles. The van der Waals surface area contributed by atoms with E-state index in [0.29, 0.717) is 11.1 Å². The van der Waals surface area contributed by atoms with Crippen molar-refractivity contribution in [1.29, 1.82) is 0 Å². The van der Waals surface area contributed by atoms with Gasteiger partial charge in [-0.05, 0) is 30.2 Å². The van der Waals surface area contributed by atoms with Gasteiger partial charge in [0.1, 0.15) is 11.6 Å². The van der Waals surface area contributed by atoms with Crippen LogP contribution < -0.4 is 0 Å². The van der Waals surface area contributed by atoms with E-state index in [2.05, 4.69) is 6.92 Å². The van der Waals surface area contributed by atoms with Crippen LogP contribution in [0.5, 0.6) is 0 Å². The van der Waals surface area contributed by atoms with Crippen LogP contribution in [0.2, 0.25) is 0 Å². The largest absolute Gasteiger partial charge is 0.207 e. The molecule has 2 aromatic carbocycles. The van der Waals surface area contributed by atoms with Crippen LogP contribution in [0.4, 0.5) is 8.78 Å². The maximum absolute atomic E-state index is 13.4. The molecule has 0 N–H and O–H groups in total. The first kappa shape index (κ1) is 9.84. The summed E-state index contributed by atoms with van der Waals surface area (Å²) in [7, 11) is 0. The Bertz CT molecular complexity index is 490. The number of hydrogen-bond acceptors (Lipinski definition) is 0. The van der Waals surface area contributed by atoms with Crippen LogP contribution >= 0.6 is 0 Å². The lowest BCUT2D eigenvalue weighted by atomic mass is 10.0. The number of halogens is 2. The summed E-state index contributed by atoms with van der Waals surface area (Å²) in [5.41, 5.74) is 1.79. The Hall–Kier alpha value is -1.70. The smallest absolute Gasteiger partial charge is 0.133 e. The van der Waals surface area contributed by atoms with Crippen molar-refractivity contribution in [3.05, 3.63) is 66.6 Å². The normalized spacial score (nSPS) is 10.3. The Kier molecular flexibility index (Phi) is 2.50. The lowest BCUT2D eigenvalue weighted by Gasteiger charge is -2.06. The molecular weight excluding hydrogens is 194 g/mol. The second-order valence-corrected chi connectivity index (χ2v) is 3.28. The molecule has 0 saturated carbocycles. The summed E-state index contributed by atoms with van der Waals surface area (Å²) >= 11 is 0. The fraction of sp³-hybridized carbons (Fsp3) is 0. The minimum Gasteiger partial charge on any atom is -0.207 e. The van der Waals surface area contributed by atoms with Gasteiger partial charge >= 0.3 is 0 Å². The first-order valence-electron chi connectivity index (χ1n) is 4.55. The molecule has 0 atom stereocenters. The molecule has 0 amide bonds. The Morgan fingerprint density at radius 2 is 1.60 bits per heavy atom. The quantitative estimate of drug-likeness (QED) is 0.661. The third-order valence-corrected chi connectivity index (χ3v) is 2.24. The van der Waals surface area contributed by atoms with Crippen LogP contribution in [0.15, 0.2) is 42.5 Å². The molecule has 0 spiro atoms. The average Bonchev–Trinajstić information content (AvgIpc) is 2.20. The monoisotopic (exact) mass is 203 g/mol. The molecule has 2 aromatic rings. The molecule has 0 nitrogen and oxygen atoms in total. The third-order valence-electron chi connectivity index (χ3n) is 2.24. The second kappa shape index (κ2) is 3.81. The molecule has 15 heavy (non-hydrogen) atoms. The van der Waals surface area contributed by atoms with Crippen molar-refractivity contribution in [3.8, 4) is 11.1 Å². The summed E-state index contributed by atoms with van der Waals surface area (Å²) in [4.78, 5) is 0. The Morgan fingerprint density at radius 1 is 0.867 bits per heavy atom. The first-order valence-corrected chi connectivity index (χ1v) is 4.55. The SMILES string of the molecule is [CH2]c1ccccc1-c1ccc(F)cc1F. The number of benzene rings is 2. The van der Waals surface area contributed by atoms with Gasteiger partial charge in [-0.25, -0.2) is 8.78 Å². The van der Waals surface area contributed by atoms with E-state index in [1.807, 2.05) is 6.07 Å². The van der Waals surface area contributed by atoms with Gasteiger partial charge in [-0.1, -0.05) is 24.3 Å². The average molecular weight is 203 g/mol. The van der Waals surface area contributed by atoms with Gasteiger partial charge in [-0.3, -0.25) is 0 Å². The highest BCUT2D eigenvalue weighted by Crippen LogP contribution is 2.26. The zero-order valence-corrected chi connectivity index (χ0v) is 8.00. The van der Waals surface area contributed by atoms with Gasteiger partial charge in [0.2, 0.25) is 0 Å². The number of hydrogen-bond donors (Lipinski definition) is 0. The van der Waals surface area contributed by atoms with Crippen LogP contribution in [-0.4, -0.2) is 0 Å². The molecule has 0 fully saturated rings. The zero-order valence-electron chi connectivity index (χ0n) is 8.00. The highest BCUT2D eigenvalue weighted by atomic mass is 19.1. The molecule has 2 rings (SSSR count). The molecule has 0 unspecified atom stereocenters. The van der Waals surface area contributed by atoms with Crippen molar-refractivity contribution in [2.24, 2.45) is 0 Å². The van der Waals surface area contributed by atoms with Crippen LogP contribution in [0.1, 0.15) is 5.56 Å². The van der Waals surface area contributed by atoms with Crippen molar-refractivity contribution in [2.45, 2.75) is 0 Å². The van der Waals surface area contributed by atoms with Gasteiger partial charge in [0.05, 0.1) is 0 Å². The highest BCUT2D eigenvalue weighted by molar-refractivity contribution is 5.68. The fourth-order valence-corrected chi connectivity index (χ4v) is 1.49. The van der Waals surface area contributed by atoms with Gasteiger partial charge in [0, 0.05) is 11.6 Å². The topological polar surface area (TPSA) is 0 Å². The standard InChI is InChI=1S/C13H9F2/c1-9-4-2-3-5-11(9)12-7-6-10(14)8-13(12)15/h2-8H,1H2. The molecule has 1 radical (unpaired) electrons. The Balaban J connectivity index is 2.60. The van der Waals surface area contributed by atoms with Crippen LogP contribution in [0.25, 0.3) is 11.1 Å². The van der Waals surface area contributed by atoms with Crippen LogP contribution in [0, 0.1) is 18.6 Å². The van der Waals surface area contributed by atoms with Crippen molar-refractivity contribution >= 4 is 0 Å². The van der Waals surface area contributed by atoms with Gasteiger partial charge in [0.25, 0.3) is 0 Å². The predicted octanol–water partition coefficient (Wildman–Crippen LogP) is 3.81. The van der Waals surface area contributed by atoms with Gasteiger partial charge < -0.3 is 0 Å². The van der Waals surface area contributed by atoms with Gasteiger partial charge in [0.15, 0.2) is 0 Å². The van der Waals surface area contributed by atoms with E-state index in [1.54, 1.807) is 18.2 Å². The minimum atomic E-state index is -0.571. The van der Waals surface area contributed by atoms with E-state index >= 15 is 0 Å². The van der Waals surface area contributed by atoms with E-state index in [0.717, 1.165) is 11.6 Å². The Morgan fingerprint density at radius 3 is 2.27 bits per heavy atom. The van der Waals surface area contributed by atoms with Crippen molar-refractivity contribution < 1.29 is 8.78 Å². The summed E-state index contributed by atoms with van der Waals surface area (Å²) in [6.45, 7) is 3.80. The summed E-state index contributed by atoms with van der Waals surface area (Å²) in [5, 5.41) is 0. The lowest BCUT2D eigenvalue weighted by molar-refractivity contribution is 0.585. The van der Waals surface area contributed by atoms with Crippen molar-refractivity contribution in [3.63, 3.8) is 0 Å². The molecule has 2 heteroatoms. The molecule has 0 aliphatic carbocycles. The maximum Gasteiger partial charge on any atom is 0.133 e. The van der Waals surface area contributed by atoms with Crippen molar-refractivity contribution in [1.82, 2.24) is 0 Å². The van der Waals surface area contributed by atoms with E-state index < -0.39 is 11.6 Å². The summed E-state index contributed by atoms with van der Waals surface area (Å²) in [6.07, 6.45) is 0. The maximum atomic E-state index is 13.4. The van der Waals surface area contributed by atoms with Gasteiger partial charge in [-0.15, -0.1) is 0 Å². The second-order valence-electron chi connectivity index (χ2n) is 3.28. The molecule has 0 aromatic heterocycles. The third kappa shape index (κ3) is 1.89. The van der Waals surface area contributed by atoms with Crippen LogP contribution in [-0.2, 0) is 0 Å². The summed E-state index contributed by atoms with van der Waals surface area (Å²) < 4.78 is 26.2. The molecular formula is C13H9F2. The van der Waals surface area contributed by atoms with E-state index in [1.165, 1.54) is 12.1 Å². The van der Waals surface area contributed by atoms with E-state index in [9.17, 15) is 8.78 Å². The molecule has 0 heterocycles. The Labute approximate surface area is 87.2 Å². The minimum absolute atomic E-state index is 0.377. The molecule has 75 valence electrons. The molecule has 0 bridgehead atoms. The molecule has 0 aliphatic rings. The summed E-state index contributed by atoms with van der Waals surface area (Å²) in [6, 6.07) is 10.7. The predicted molar refractivity (Wildman–Crippen MR) is 56.3 cm³/mol. The molecule has 0 saturated heterocycles. The first-order chi connectivity index (χ1) is 7.18. The van der Waals surface area contributed by atoms with Crippen molar-refractivity contribution in [2.75, 3.05) is 0 Å². The lowest BCUT2D eigenvalue weighted by Crippen LogP contribution is -1.88.